The highest BCUT2D eigenvalue weighted by Crippen LogP contribution is 2.32. The standard InChI is InChI=1S/C30H30N2O3/c1-22-28(12-11-25-19-26(13-16-31-25)34-20-24-14-17-33-18-15-24)32-29-10-6-5-9-27(29)30(22)35-21-23-7-3-2-4-8-23/h2-13,16,19,24H,14-15,17-18,20-21H2,1H3/b12-11+. The minimum atomic E-state index is 0.507. The van der Waals surface area contributed by atoms with Crippen molar-refractivity contribution in [2.24, 2.45) is 5.92 Å². The molecule has 3 heterocycles. The lowest BCUT2D eigenvalue weighted by atomic mass is 10.0. The highest BCUT2D eigenvalue weighted by molar-refractivity contribution is 5.88. The number of pyridine rings is 2. The van der Waals surface area contributed by atoms with Crippen LogP contribution >= 0.6 is 0 Å². The summed E-state index contributed by atoms with van der Waals surface area (Å²) in [7, 11) is 0. The lowest BCUT2D eigenvalue weighted by Crippen LogP contribution is -2.21. The molecular weight excluding hydrogens is 436 g/mol. The molecule has 0 atom stereocenters. The Balaban J connectivity index is 1.36. The number of nitrogens with zero attached hydrogens (tertiary/aromatic N) is 2. The lowest BCUT2D eigenvalue weighted by molar-refractivity contribution is 0.0497. The number of ether oxygens (including phenoxy) is 3. The van der Waals surface area contributed by atoms with Crippen LogP contribution < -0.4 is 9.47 Å². The van der Waals surface area contributed by atoms with Gasteiger partial charge in [0.25, 0.3) is 0 Å². The SMILES string of the molecule is Cc1c(/C=C/c2cc(OCC3CCOCC3)ccn2)nc2ccccc2c1OCc1ccccc1. The van der Waals surface area contributed by atoms with Crippen LogP contribution in [0.25, 0.3) is 23.1 Å². The van der Waals surface area contributed by atoms with Gasteiger partial charge in [-0.1, -0.05) is 42.5 Å². The highest BCUT2D eigenvalue weighted by Gasteiger charge is 2.15. The van der Waals surface area contributed by atoms with Crippen molar-refractivity contribution in [1.29, 1.82) is 0 Å². The third kappa shape index (κ3) is 5.87. The zero-order valence-corrected chi connectivity index (χ0v) is 20.0. The molecular formula is C30H30N2O3. The summed E-state index contributed by atoms with van der Waals surface area (Å²) in [5.41, 5.74) is 4.73. The van der Waals surface area contributed by atoms with E-state index in [1.807, 2.05) is 60.7 Å². The topological polar surface area (TPSA) is 53.5 Å². The predicted octanol–water partition coefficient (Wildman–Crippen LogP) is 6.49. The first-order valence-corrected chi connectivity index (χ1v) is 12.2. The van der Waals surface area contributed by atoms with Crippen molar-refractivity contribution >= 4 is 23.1 Å². The van der Waals surface area contributed by atoms with Crippen LogP contribution in [0.1, 0.15) is 35.4 Å². The van der Waals surface area contributed by atoms with Crippen LogP contribution in [0, 0.1) is 12.8 Å². The molecule has 5 rings (SSSR count). The molecule has 1 aliphatic rings. The van der Waals surface area contributed by atoms with Crippen molar-refractivity contribution in [2.45, 2.75) is 26.4 Å². The molecule has 0 bridgehead atoms. The highest BCUT2D eigenvalue weighted by atomic mass is 16.5. The summed E-state index contributed by atoms with van der Waals surface area (Å²) in [6.07, 6.45) is 7.88. The van der Waals surface area contributed by atoms with Gasteiger partial charge in [-0.3, -0.25) is 4.98 Å². The summed E-state index contributed by atoms with van der Waals surface area (Å²) in [4.78, 5) is 9.38. The summed E-state index contributed by atoms with van der Waals surface area (Å²) in [6.45, 7) is 4.93. The Morgan fingerprint density at radius 3 is 2.60 bits per heavy atom. The monoisotopic (exact) mass is 466 g/mol. The maximum absolute atomic E-state index is 6.32. The van der Waals surface area contributed by atoms with Crippen LogP contribution in [0.15, 0.2) is 72.9 Å². The van der Waals surface area contributed by atoms with E-state index in [1.165, 1.54) is 0 Å². The molecule has 5 nitrogen and oxygen atoms in total. The second-order valence-corrected chi connectivity index (χ2v) is 8.86. The van der Waals surface area contributed by atoms with E-state index < -0.39 is 0 Å². The summed E-state index contributed by atoms with van der Waals surface area (Å²) in [5.74, 6) is 2.25. The average molecular weight is 467 g/mol. The maximum atomic E-state index is 6.32. The molecule has 0 N–H and O–H groups in total. The molecule has 5 heteroatoms. The Morgan fingerprint density at radius 2 is 1.74 bits per heavy atom. The number of fused-ring (bicyclic) bond motifs is 1. The first-order valence-electron chi connectivity index (χ1n) is 12.2. The average Bonchev–Trinajstić information content (AvgIpc) is 2.92. The number of para-hydroxylation sites is 1. The predicted molar refractivity (Wildman–Crippen MR) is 139 cm³/mol. The Morgan fingerprint density at radius 1 is 0.943 bits per heavy atom. The third-order valence-electron chi connectivity index (χ3n) is 6.33. The summed E-state index contributed by atoms with van der Waals surface area (Å²) in [6, 6.07) is 22.2. The first kappa shape index (κ1) is 23.1. The molecule has 0 unspecified atom stereocenters. The van der Waals surface area contributed by atoms with Crippen molar-refractivity contribution in [1.82, 2.24) is 9.97 Å². The fourth-order valence-corrected chi connectivity index (χ4v) is 4.27. The molecule has 35 heavy (non-hydrogen) atoms. The quantitative estimate of drug-likeness (QED) is 0.297. The second-order valence-electron chi connectivity index (χ2n) is 8.86. The molecule has 178 valence electrons. The van der Waals surface area contributed by atoms with Crippen LogP contribution in [0.5, 0.6) is 11.5 Å². The van der Waals surface area contributed by atoms with Gasteiger partial charge in [-0.2, -0.15) is 0 Å². The van der Waals surface area contributed by atoms with Gasteiger partial charge in [0.2, 0.25) is 0 Å². The van der Waals surface area contributed by atoms with E-state index in [4.69, 9.17) is 19.2 Å². The molecule has 2 aromatic carbocycles. The largest absolute Gasteiger partial charge is 0.493 e. The number of hydrogen-bond acceptors (Lipinski definition) is 5. The van der Waals surface area contributed by atoms with Crippen LogP contribution in [-0.4, -0.2) is 29.8 Å². The fraction of sp³-hybridized carbons (Fsp3) is 0.267. The fourth-order valence-electron chi connectivity index (χ4n) is 4.27. The van der Waals surface area contributed by atoms with Gasteiger partial charge in [-0.15, -0.1) is 0 Å². The Bertz CT molecular complexity index is 1300. The zero-order chi connectivity index (χ0) is 23.9. The van der Waals surface area contributed by atoms with Crippen molar-refractivity contribution < 1.29 is 14.2 Å². The van der Waals surface area contributed by atoms with E-state index in [0.29, 0.717) is 19.1 Å². The molecule has 1 fully saturated rings. The molecule has 1 aliphatic heterocycles. The van der Waals surface area contributed by atoms with Crippen molar-refractivity contribution in [3.63, 3.8) is 0 Å². The zero-order valence-electron chi connectivity index (χ0n) is 20.0. The van der Waals surface area contributed by atoms with E-state index >= 15 is 0 Å². The molecule has 4 aromatic rings. The maximum Gasteiger partial charge on any atom is 0.134 e. The number of aromatic nitrogens is 2. The number of hydrogen-bond donors (Lipinski definition) is 0. The lowest BCUT2D eigenvalue weighted by Gasteiger charge is -2.22. The van der Waals surface area contributed by atoms with Gasteiger partial charge in [0.1, 0.15) is 18.1 Å². The van der Waals surface area contributed by atoms with E-state index in [9.17, 15) is 0 Å². The van der Waals surface area contributed by atoms with E-state index in [2.05, 4.69) is 30.1 Å². The molecule has 1 saturated heterocycles. The minimum absolute atomic E-state index is 0.507. The van der Waals surface area contributed by atoms with Crippen LogP contribution in [0.4, 0.5) is 0 Å². The molecule has 0 saturated carbocycles. The summed E-state index contributed by atoms with van der Waals surface area (Å²) in [5, 5.41) is 1.01. The van der Waals surface area contributed by atoms with Gasteiger partial charge < -0.3 is 14.2 Å². The second kappa shape index (κ2) is 11.2. The number of benzene rings is 2. The van der Waals surface area contributed by atoms with Gasteiger partial charge in [-0.05, 0) is 61.6 Å². The molecule has 0 spiro atoms. The third-order valence-corrected chi connectivity index (χ3v) is 6.33. The Hall–Kier alpha value is -3.70. The van der Waals surface area contributed by atoms with E-state index in [1.54, 1.807) is 6.20 Å². The van der Waals surface area contributed by atoms with Gasteiger partial charge in [-0.25, -0.2) is 4.98 Å². The Labute approximate surface area is 206 Å². The molecule has 0 radical (unpaired) electrons. The van der Waals surface area contributed by atoms with Crippen molar-refractivity contribution in [2.75, 3.05) is 19.8 Å². The normalized spacial score (nSPS) is 14.4. The summed E-state index contributed by atoms with van der Waals surface area (Å²) < 4.78 is 17.8. The van der Waals surface area contributed by atoms with Crippen molar-refractivity contribution in [3.8, 4) is 11.5 Å². The van der Waals surface area contributed by atoms with E-state index in [-0.39, 0.29) is 0 Å². The van der Waals surface area contributed by atoms with Crippen molar-refractivity contribution in [3.05, 3.63) is 95.4 Å². The van der Waals surface area contributed by atoms with E-state index in [0.717, 1.165) is 71.0 Å². The van der Waals surface area contributed by atoms with Gasteiger partial charge >= 0.3 is 0 Å². The van der Waals surface area contributed by atoms with Gasteiger partial charge in [0.15, 0.2) is 0 Å². The molecule has 0 amide bonds. The van der Waals surface area contributed by atoms with Gasteiger partial charge in [0, 0.05) is 36.4 Å². The van der Waals surface area contributed by atoms with Crippen LogP contribution in [-0.2, 0) is 11.3 Å². The number of rotatable bonds is 8. The first-order chi connectivity index (χ1) is 17.3. The summed E-state index contributed by atoms with van der Waals surface area (Å²) >= 11 is 0. The van der Waals surface area contributed by atoms with Gasteiger partial charge in [0.05, 0.1) is 23.5 Å². The van der Waals surface area contributed by atoms with Crippen LogP contribution in [0.3, 0.4) is 0 Å². The molecule has 2 aromatic heterocycles. The Kier molecular flexibility index (Phi) is 7.35. The molecule has 0 aliphatic carbocycles. The minimum Gasteiger partial charge on any atom is -0.493 e. The van der Waals surface area contributed by atoms with Crippen LogP contribution in [0.2, 0.25) is 0 Å². The smallest absolute Gasteiger partial charge is 0.134 e.